The van der Waals surface area contributed by atoms with Crippen LogP contribution in [0.5, 0.6) is 0 Å². The van der Waals surface area contributed by atoms with E-state index < -0.39 is 5.41 Å². The number of nitrogens with zero attached hydrogens (tertiary/aromatic N) is 2. The molecule has 4 aliphatic rings. The summed E-state index contributed by atoms with van der Waals surface area (Å²) in [6.07, 6.45) is 0. The van der Waals surface area contributed by atoms with E-state index in [9.17, 15) is 5.26 Å². The summed E-state index contributed by atoms with van der Waals surface area (Å²) in [6.45, 7) is 9.35. The van der Waals surface area contributed by atoms with Crippen LogP contribution >= 0.6 is 0 Å². The van der Waals surface area contributed by atoms with Gasteiger partial charge in [-0.15, -0.1) is 0 Å². The summed E-state index contributed by atoms with van der Waals surface area (Å²) < 4.78 is 2.58. The third-order valence-corrected chi connectivity index (χ3v) is 14.6. The van der Waals surface area contributed by atoms with Crippen molar-refractivity contribution in [2.24, 2.45) is 0 Å². The molecular weight excluding hydrogens is 701 g/mol. The molecule has 0 fully saturated rings. The molecule has 0 N–H and O–H groups in total. The van der Waals surface area contributed by atoms with E-state index in [0.717, 1.165) is 0 Å². The minimum atomic E-state index is -0.492. The molecule has 272 valence electrons. The number of benzene rings is 8. The number of rotatable bonds is 1. The molecule has 0 saturated carbocycles. The SMILES string of the molecule is CC1(C)c2ccc(C#N)cc2-c2cc(-c3ccc4c(c3)-c3ccccc3C43c4ccccc4-n4c5cc6c(cc5c5cccc3c54)-c3ccccc3C6(C)C)ccc21. The highest BCUT2D eigenvalue weighted by atomic mass is 15.0. The molecule has 0 bridgehead atoms. The van der Waals surface area contributed by atoms with Gasteiger partial charge in [0.05, 0.1) is 33.8 Å². The minimum Gasteiger partial charge on any atom is -0.309 e. The maximum atomic E-state index is 9.79. The summed E-state index contributed by atoms with van der Waals surface area (Å²) in [5.41, 5.74) is 24.6. The van der Waals surface area contributed by atoms with Crippen molar-refractivity contribution in [2.75, 3.05) is 0 Å². The number of nitriles is 1. The Balaban J connectivity index is 1.07. The van der Waals surface area contributed by atoms with Gasteiger partial charge >= 0.3 is 0 Å². The molecule has 1 atom stereocenters. The smallest absolute Gasteiger partial charge is 0.0991 e. The van der Waals surface area contributed by atoms with E-state index in [4.69, 9.17) is 0 Å². The fourth-order valence-electron chi connectivity index (χ4n) is 12.0. The van der Waals surface area contributed by atoms with E-state index in [2.05, 4.69) is 190 Å². The fraction of sp³-hybridized carbons (Fsp3) is 0.125. The predicted octanol–water partition coefficient (Wildman–Crippen LogP) is 13.6. The van der Waals surface area contributed by atoms with E-state index >= 15 is 0 Å². The van der Waals surface area contributed by atoms with E-state index in [1.54, 1.807) is 0 Å². The maximum Gasteiger partial charge on any atom is 0.0991 e. The molecule has 58 heavy (non-hydrogen) atoms. The third kappa shape index (κ3) is 3.61. The Bertz CT molecular complexity index is 3420. The zero-order valence-corrected chi connectivity index (χ0v) is 32.9. The molecule has 3 aliphatic carbocycles. The molecule has 9 aromatic rings. The molecule has 0 saturated heterocycles. The zero-order valence-electron chi connectivity index (χ0n) is 32.9. The van der Waals surface area contributed by atoms with Crippen LogP contribution in [0.4, 0.5) is 0 Å². The van der Waals surface area contributed by atoms with Gasteiger partial charge in [-0.05, 0) is 131 Å². The highest BCUT2D eigenvalue weighted by molar-refractivity contribution is 6.14. The van der Waals surface area contributed by atoms with E-state index in [-0.39, 0.29) is 10.8 Å². The lowest BCUT2D eigenvalue weighted by molar-refractivity contribution is 0.660. The van der Waals surface area contributed by atoms with Crippen molar-refractivity contribution in [3.63, 3.8) is 0 Å². The lowest BCUT2D eigenvalue weighted by atomic mass is 9.65. The topological polar surface area (TPSA) is 28.7 Å². The minimum absolute atomic E-state index is 0.0892. The Kier molecular flexibility index (Phi) is 5.83. The first-order valence-corrected chi connectivity index (χ1v) is 20.5. The van der Waals surface area contributed by atoms with Gasteiger partial charge < -0.3 is 4.57 Å². The molecule has 1 spiro atoms. The van der Waals surface area contributed by atoms with Crippen molar-refractivity contribution in [3.8, 4) is 56.3 Å². The Labute approximate surface area is 338 Å². The van der Waals surface area contributed by atoms with Gasteiger partial charge in [-0.25, -0.2) is 0 Å². The van der Waals surface area contributed by atoms with Crippen LogP contribution in [0.1, 0.15) is 77.8 Å². The van der Waals surface area contributed by atoms with Crippen molar-refractivity contribution in [1.82, 2.24) is 4.57 Å². The maximum absolute atomic E-state index is 9.79. The second-order valence-corrected chi connectivity index (χ2v) is 18.0. The van der Waals surface area contributed by atoms with Gasteiger partial charge in [0.15, 0.2) is 0 Å². The Hall–Kier alpha value is -6.95. The van der Waals surface area contributed by atoms with Gasteiger partial charge in [0.2, 0.25) is 0 Å². The molecule has 0 radical (unpaired) electrons. The van der Waals surface area contributed by atoms with Crippen molar-refractivity contribution >= 4 is 21.8 Å². The number of aromatic nitrogens is 1. The molecule has 13 rings (SSSR count). The summed E-state index contributed by atoms with van der Waals surface area (Å²) in [5, 5.41) is 12.4. The molecule has 2 heteroatoms. The van der Waals surface area contributed by atoms with E-state index in [1.807, 2.05) is 6.07 Å². The van der Waals surface area contributed by atoms with Gasteiger partial charge in [0, 0.05) is 21.6 Å². The number of para-hydroxylation sites is 2. The Morgan fingerprint density at radius 1 is 0.414 bits per heavy atom. The highest BCUT2D eigenvalue weighted by Crippen LogP contribution is 2.62. The summed E-state index contributed by atoms with van der Waals surface area (Å²) in [6, 6.07) is 62.0. The first-order valence-electron chi connectivity index (χ1n) is 20.5. The lowest BCUT2D eigenvalue weighted by Crippen LogP contribution is -2.33. The number of hydrogen-bond donors (Lipinski definition) is 0. The first-order chi connectivity index (χ1) is 28.2. The standard InChI is InChI=1S/C56H38N2/c1-54(2)44-23-20-32(31-57)26-38(44)40-28-33(21-24-45(40)54)34-22-25-47-39(27-34)36-13-6-8-16-46(36)56(47)48-17-9-10-19-51(48)58-52-30-50-41(35-12-5-7-15-43(35)55(50,3)4)29-42(52)37-14-11-18-49(56)53(37)58/h5-30H,1-4H3. The zero-order chi connectivity index (χ0) is 38.9. The van der Waals surface area contributed by atoms with E-state index in [0.29, 0.717) is 5.56 Å². The van der Waals surface area contributed by atoms with Crippen LogP contribution in [0.25, 0.3) is 72.0 Å². The normalized spacial score (nSPS) is 17.6. The van der Waals surface area contributed by atoms with Crippen LogP contribution in [-0.2, 0) is 16.2 Å². The van der Waals surface area contributed by atoms with Gasteiger partial charge in [-0.1, -0.05) is 143 Å². The van der Waals surface area contributed by atoms with Crippen LogP contribution in [0.3, 0.4) is 0 Å². The summed E-state index contributed by atoms with van der Waals surface area (Å²) in [7, 11) is 0. The fourth-order valence-corrected chi connectivity index (χ4v) is 12.0. The van der Waals surface area contributed by atoms with Crippen LogP contribution in [0.15, 0.2) is 158 Å². The van der Waals surface area contributed by atoms with Crippen molar-refractivity contribution in [3.05, 3.63) is 208 Å². The van der Waals surface area contributed by atoms with Crippen molar-refractivity contribution in [1.29, 1.82) is 5.26 Å². The van der Waals surface area contributed by atoms with Crippen molar-refractivity contribution < 1.29 is 0 Å². The van der Waals surface area contributed by atoms with Gasteiger partial charge in [0.1, 0.15) is 0 Å². The van der Waals surface area contributed by atoms with Crippen LogP contribution in [0, 0.1) is 11.3 Å². The molecule has 2 nitrogen and oxygen atoms in total. The second kappa shape index (κ2) is 10.5. The number of hydrogen-bond acceptors (Lipinski definition) is 1. The average Bonchev–Trinajstić information content (AvgIpc) is 3.89. The van der Waals surface area contributed by atoms with Crippen molar-refractivity contribution in [2.45, 2.75) is 43.9 Å². The van der Waals surface area contributed by atoms with E-state index in [1.165, 1.54) is 117 Å². The first kappa shape index (κ1) is 32.2. The monoisotopic (exact) mass is 738 g/mol. The molecule has 2 heterocycles. The third-order valence-electron chi connectivity index (χ3n) is 14.6. The van der Waals surface area contributed by atoms with Crippen LogP contribution < -0.4 is 0 Å². The summed E-state index contributed by atoms with van der Waals surface area (Å²) >= 11 is 0. The van der Waals surface area contributed by atoms with Gasteiger partial charge in [0.25, 0.3) is 0 Å². The van der Waals surface area contributed by atoms with Crippen LogP contribution in [0.2, 0.25) is 0 Å². The Morgan fingerprint density at radius 2 is 0.948 bits per heavy atom. The predicted molar refractivity (Wildman–Crippen MR) is 237 cm³/mol. The molecular formula is C56H38N2. The molecule has 1 aromatic heterocycles. The van der Waals surface area contributed by atoms with Gasteiger partial charge in [-0.3, -0.25) is 0 Å². The quantitative estimate of drug-likeness (QED) is 0.165. The lowest BCUT2D eigenvalue weighted by Gasteiger charge is -2.39. The molecule has 0 amide bonds. The summed E-state index contributed by atoms with van der Waals surface area (Å²) in [5.74, 6) is 0. The largest absolute Gasteiger partial charge is 0.309 e. The number of fused-ring (bicyclic) bond motifs is 18. The Morgan fingerprint density at radius 3 is 1.71 bits per heavy atom. The van der Waals surface area contributed by atoms with Crippen LogP contribution in [-0.4, -0.2) is 4.57 Å². The molecule has 1 aliphatic heterocycles. The average molecular weight is 739 g/mol. The molecule has 1 unspecified atom stereocenters. The second-order valence-electron chi connectivity index (χ2n) is 18.0. The summed E-state index contributed by atoms with van der Waals surface area (Å²) in [4.78, 5) is 0. The molecule has 8 aromatic carbocycles. The van der Waals surface area contributed by atoms with Gasteiger partial charge in [-0.2, -0.15) is 5.26 Å². The highest BCUT2D eigenvalue weighted by Gasteiger charge is 2.51.